The molecule has 0 radical (unpaired) electrons. The van der Waals surface area contributed by atoms with Crippen LogP contribution in [0.4, 0.5) is 0 Å². The number of piperidine rings is 3. The molecule has 1 spiro atoms. The third kappa shape index (κ3) is 1.93. The van der Waals surface area contributed by atoms with Gasteiger partial charge in [-0.2, -0.15) is 5.26 Å². The Morgan fingerprint density at radius 2 is 2.26 bits per heavy atom. The minimum atomic E-state index is -0.334. The van der Waals surface area contributed by atoms with Gasteiger partial charge in [0.2, 0.25) is 11.8 Å². The second-order valence-corrected chi connectivity index (χ2v) is 6.96. The SMILES string of the molecule is CCCCc1[nH]nc2c1[C@]1(CN3CCC1CC3)C(C#N)=C(N)O2. The molecule has 5 rings (SSSR count). The number of ether oxygens (including phenoxy) is 1. The Labute approximate surface area is 136 Å². The highest BCUT2D eigenvalue weighted by molar-refractivity contribution is 5.56. The third-order valence-corrected chi connectivity index (χ3v) is 5.80. The zero-order chi connectivity index (χ0) is 16.0. The maximum atomic E-state index is 9.82. The summed E-state index contributed by atoms with van der Waals surface area (Å²) >= 11 is 0. The maximum absolute atomic E-state index is 9.82. The minimum absolute atomic E-state index is 0.238. The zero-order valence-corrected chi connectivity index (χ0v) is 13.6. The molecule has 6 heteroatoms. The fourth-order valence-corrected chi connectivity index (χ4v) is 4.71. The van der Waals surface area contributed by atoms with E-state index in [0.717, 1.165) is 63.0 Å². The Hall–Kier alpha value is -2.00. The van der Waals surface area contributed by atoms with Gasteiger partial charge in [-0.05, 0) is 44.7 Å². The molecule has 6 nitrogen and oxygen atoms in total. The van der Waals surface area contributed by atoms with Crippen molar-refractivity contribution in [2.75, 3.05) is 19.6 Å². The summed E-state index contributed by atoms with van der Waals surface area (Å²) in [7, 11) is 0. The molecule has 3 fully saturated rings. The van der Waals surface area contributed by atoms with E-state index >= 15 is 0 Å². The fourth-order valence-electron chi connectivity index (χ4n) is 4.71. The van der Waals surface area contributed by atoms with Gasteiger partial charge in [-0.25, -0.2) is 0 Å². The van der Waals surface area contributed by atoms with Gasteiger partial charge < -0.3 is 15.4 Å². The molecule has 2 bridgehead atoms. The van der Waals surface area contributed by atoms with Gasteiger partial charge in [0, 0.05) is 12.2 Å². The van der Waals surface area contributed by atoms with E-state index in [2.05, 4.69) is 28.1 Å². The third-order valence-electron chi connectivity index (χ3n) is 5.80. The van der Waals surface area contributed by atoms with Crippen LogP contribution < -0.4 is 10.5 Å². The summed E-state index contributed by atoms with van der Waals surface area (Å²) in [5.74, 6) is 1.27. The highest BCUT2D eigenvalue weighted by Crippen LogP contribution is 2.54. The Kier molecular flexibility index (Phi) is 3.34. The van der Waals surface area contributed by atoms with Gasteiger partial charge in [0.1, 0.15) is 11.6 Å². The number of nitrogens with one attached hydrogen (secondary N) is 1. The van der Waals surface area contributed by atoms with E-state index in [9.17, 15) is 5.26 Å². The predicted octanol–water partition coefficient (Wildman–Crippen LogP) is 1.80. The molecule has 4 aliphatic heterocycles. The molecule has 0 aromatic carbocycles. The van der Waals surface area contributed by atoms with Crippen LogP contribution in [0.5, 0.6) is 5.88 Å². The van der Waals surface area contributed by atoms with Gasteiger partial charge in [-0.3, -0.25) is 5.10 Å². The van der Waals surface area contributed by atoms with Crippen molar-refractivity contribution in [1.29, 1.82) is 5.26 Å². The number of hydrogen-bond acceptors (Lipinski definition) is 5. The highest BCUT2D eigenvalue weighted by atomic mass is 16.5. The number of aromatic nitrogens is 2. The van der Waals surface area contributed by atoms with Crippen molar-refractivity contribution in [3.63, 3.8) is 0 Å². The summed E-state index contributed by atoms with van der Waals surface area (Å²) in [6.45, 7) is 5.27. The van der Waals surface area contributed by atoms with Gasteiger partial charge in [0.05, 0.1) is 11.0 Å². The van der Waals surface area contributed by atoms with Crippen LogP contribution in [0.3, 0.4) is 0 Å². The van der Waals surface area contributed by atoms with Gasteiger partial charge in [-0.15, -0.1) is 5.10 Å². The van der Waals surface area contributed by atoms with Crippen LogP contribution in [-0.4, -0.2) is 34.7 Å². The Bertz CT molecular complexity index is 692. The number of H-pyrrole nitrogens is 1. The van der Waals surface area contributed by atoms with E-state index in [4.69, 9.17) is 10.5 Å². The lowest BCUT2D eigenvalue weighted by atomic mass is 9.58. The zero-order valence-electron chi connectivity index (χ0n) is 13.6. The van der Waals surface area contributed by atoms with Crippen molar-refractivity contribution in [2.45, 2.75) is 44.4 Å². The van der Waals surface area contributed by atoms with Crippen molar-refractivity contribution < 1.29 is 4.74 Å². The van der Waals surface area contributed by atoms with Crippen LogP contribution in [0.1, 0.15) is 43.9 Å². The summed E-state index contributed by atoms with van der Waals surface area (Å²) in [5, 5.41) is 17.4. The lowest BCUT2D eigenvalue weighted by Gasteiger charge is -2.54. The molecule has 1 atom stereocenters. The lowest BCUT2D eigenvalue weighted by molar-refractivity contribution is 0.0382. The van der Waals surface area contributed by atoms with E-state index in [1.807, 2.05) is 0 Å². The van der Waals surface area contributed by atoms with Crippen LogP contribution in [0.25, 0.3) is 0 Å². The first-order valence-electron chi connectivity index (χ1n) is 8.59. The van der Waals surface area contributed by atoms with E-state index in [0.29, 0.717) is 17.4 Å². The first kappa shape index (κ1) is 14.6. The summed E-state index contributed by atoms with van der Waals surface area (Å²) in [4.78, 5) is 2.45. The van der Waals surface area contributed by atoms with E-state index in [-0.39, 0.29) is 11.3 Å². The van der Waals surface area contributed by atoms with Crippen LogP contribution in [0.2, 0.25) is 0 Å². The largest absolute Gasteiger partial charge is 0.420 e. The summed E-state index contributed by atoms with van der Waals surface area (Å²) in [6.07, 6.45) is 5.38. The lowest BCUT2D eigenvalue weighted by Crippen LogP contribution is -2.59. The number of fused-ring (bicyclic) bond motifs is 3. The quantitative estimate of drug-likeness (QED) is 0.888. The summed E-state index contributed by atoms with van der Waals surface area (Å²) < 4.78 is 5.71. The first-order valence-corrected chi connectivity index (χ1v) is 8.59. The van der Waals surface area contributed by atoms with Gasteiger partial charge in [-0.1, -0.05) is 13.3 Å². The average molecular weight is 313 g/mol. The minimum Gasteiger partial charge on any atom is -0.420 e. The Balaban J connectivity index is 1.89. The first-order chi connectivity index (χ1) is 11.2. The van der Waals surface area contributed by atoms with Crippen LogP contribution >= 0.6 is 0 Å². The fraction of sp³-hybridized carbons (Fsp3) is 0.647. The molecule has 0 saturated carbocycles. The number of rotatable bonds is 3. The van der Waals surface area contributed by atoms with Gasteiger partial charge >= 0.3 is 0 Å². The molecule has 1 aromatic rings. The smallest absolute Gasteiger partial charge is 0.244 e. The van der Waals surface area contributed by atoms with Crippen molar-refractivity contribution in [1.82, 2.24) is 15.1 Å². The molecular weight excluding hydrogens is 290 g/mol. The molecule has 0 aliphatic carbocycles. The molecule has 3 N–H and O–H groups in total. The number of nitriles is 1. The predicted molar refractivity (Wildman–Crippen MR) is 85.5 cm³/mol. The van der Waals surface area contributed by atoms with Crippen molar-refractivity contribution in [2.24, 2.45) is 11.7 Å². The molecule has 122 valence electrons. The standard InChI is InChI=1S/C17H23N5O/c1-2-3-4-13-14-16(21-20-13)23-15(19)12(9-18)17(14)10-22-7-5-11(17)6-8-22/h11H,2-8,10,19H2,1H3,(H,20,21)/t17-/m0/s1. The number of hydrogen-bond donors (Lipinski definition) is 2. The average Bonchev–Trinajstić information content (AvgIpc) is 2.97. The number of nitrogens with two attached hydrogens (primary N) is 1. The molecule has 0 unspecified atom stereocenters. The van der Waals surface area contributed by atoms with Crippen molar-refractivity contribution >= 4 is 0 Å². The van der Waals surface area contributed by atoms with Crippen molar-refractivity contribution in [3.05, 3.63) is 22.7 Å². The number of aromatic amines is 1. The van der Waals surface area contributed by atoms with Crippen molar-refractivity contribution in [3.8, 4) is 11.9 Å². The second-order valence-electron chi connectivity index (χ2n) is 6.96. The summed E-state index contributed by atoms with van der Waals surface area (Å²) in [6, 6.07) is 2.37. The Morgan fingerprint density at radius 1 is 1.48 bits per heavy atom. The molecule has 1 aromatic heterocycles. The maximum Gasteiger partial charge on any atom is 0.244 e. The molecule has 23 heavy (non-hydrogen) atoms. The molecular formula is C17H23N5O. The number of aryl methyl sites for hydroxylation is 1. The van der Waals surface area contributed by atoms with E-state index in [1.165, 1.54) is 0 Å². The highest BCUT2D eigenvalue weighted by Gasteiger charge is 2.56. The topological polar surface area (TPSA) is 91.0 Å². The molecule has 0 amide bonds. The molecule has 3 saturated heterocycles. The number of unbranched alkanes of at least 4 members (excludes halogenated alkanes) is 1. The molecule has 5 heterocycles. The number of nitrogens with zero attached hydrogens (tertiary/aromatic N) is 3. The normalized spacial score (nSPS) is 31.8. The Morgan fingerprint density at radius 3 is 2.87 bits per heavy atom. The van der Waals surface area contributed by atoms with Crippen LogP contribution in [0.15, 0.2) is 11.5 Å². The van der Waals surface area contributed by atoms with Crippen LogP contribution in [0, 0.1) is 17.2 Å². The van der Waals surface area contributed by atoms with Gasteiger partial charge in [0.25, 0.3) is 0 Å². The van der Waals surface area contributed by atoms with E-state index < -0.39 is 0 Å². The van der Waals surface area contributed by atoms with Crippen LogP contribution in [-0.2, 0) is 11.8 Å². The van der Waals surface area contributed by atoms with E-state index in [1.54, 1.807) is 0 Å². The molecule has 4 aliphatic rings. The summed E-state index contributed by atoms with van der Waals surface area (Å²) in [5.41, 5.74) is 8.61. The van der Waals surface area contributed by atoms with Gasteiger partial charge in [0.15, 0.2) is 0 Å². The monoisotopic (exact) mass is 313 g/mol. The second kappa shape index (κ2) is 5.27.